The zero-order valence-electron chi connectivity index (χ0n) is 19.5. The van der Waals surface area contributed by atoms with E-state index in [1.165, 1.54) is 0 Å². The third kappa shape index (κ3) is 6.60. The zero-order chi connectivity index (χ0) is 24.3. The summed E-state index contributed by atoms with van der Waals surface area (Å²) in [6, 6.07) is 23.0. The van der Waals surface area contributed by atoms with Crippen LogP contribution in [0.15, 0.2) is 85.0 Å². The number of carbonyl (C=O) groups excluding carboxylic acids is 1. The number of amides is 1. The number of anilines is 1. The van der Waals surface area contributed by atoms with Gasteiger partial charge in [-0.25, -0.2) is 0 Å². The maximum Gasteiger partial charge on any atom is 0.266 e. The molecule has 0 aliphatic heterocycles. The predicted molar refractivity (Wildman–Crippen MR) is 136 cm³/mol. The summed E-state index contributed by atoms with van der Waals surface area (Å²) in [5.74, 6) is 0.713. The van der Waals surface area contributed by atoms with Gasteiger partial charge in [-0.3, -0.25) is 4.79 Å². The number of nitriles is 1. The molecule has 3 aromatic rings. The molecule has 0 aliphatic rings. The first-order chi connectivity index (χ1) is 16.5. The summed E-state index contributed by atoms with van der Waals surface area (Å²) >= 11 is 0. The van der Waals surface area contributed by atoms with Gasteiger partial charge < -0.3 is 14.8 Å². The van der Waals surface area contributed by atoms with E-state index < -0.39 is 5.91 Å². The maximum absolute atomic E-state index is 12.7. The average Bonchev–Trinajstić information content (AvgIpc) is 2.84. The summed E-state index contributed by atoms with van der Waals surface area (Å²) in [5.41, 5.74) is 4.27. The molecule has 0 saturated carbocycles. The number of nitrogens with one attached hydrogen (secondary N) is 1. The summed E-state index contributed by atoms with van der Waals surface area (Å²) < 4.78 is 12.0. The molecule has 5 heteroatoms. The van der Waals surface area contributed by atoms with Gasteiger partial charge in [0.05, 0.1) is 6.61 Å². The van der Waals surface area contributed by atoms with Gasteiger partial charge in [0.15, 0.2) is 11.5 Å². The summed E-state index contributed by atoms with van der Waals surface area (Å²) in [5, 5.41) is 12.4. The van der Waals surface area contributed by atoms with Crippen LogP contribution in [-0.4, -0.2) is 12.5 Å². The quantitative estimate of drug-likeness (QED) is 0.224. The molecule has 0 heterocycles. The van der Waals surface area contributed by atoms with Crippen molar-refractivity contribution < 1.29 is 14.3 Å². The summed E-state index contributed by atoms with van der Waals surface area (Å²) in [7, 11) is 0. The van der Waals surface area contributed by atoms with E-state index in [1.54, 1.807) is 30.4 Å². The fraction of sp³-hybridized carbons (Fsp3) is 0.172. The zero-order valence-corrected chi connectivity index (χ0v) is 19.5. The Morgan fingerprint density at radius 3 is 2.47 bits per heavy atom. The number of ether oxygens (including phenoxy) is 2. The lowest BCUT2D eigenvalue weighted by atomic mass is 10.0. The van der Waals surface area contributed by atoms with Gasteiger partial charge in [-0.1, -0.05) is 54.1 Å². The minimum atomic E-state index is -0.473. The second-order valence-electron chi connectivity index (χ2n) is 7.70. The second kappa shape index (κ2) is 12.1. The number of benzene rings is 3. The number of hydrogen-bond acceptors (Lipinski definition) is 4. The van der Waals surface area contributed by atoms with Crippen LogP contribution in [0.1, 0.15) is 29.2 Å². The van der Waals surface area contributed by atoms with Gasteiger partial charge in [-0.15, -0.1) is 6.58 Å². The predicted octanol–water partition coefficient (Wildman–Crippen LogP) is 6.25. The van der Waals surface area contributed by atoms with Crippen molar-refractivity contribution in [2.75, 3.05) is 11.9 Å². The van der Waals surface area contributed by atoms with E-state index in [-0.39, 0.29) is 5.57 Å². The Morgan fingerprint density at radius 2 is 1.82 bits per heavy atom. The number of aryl methyl sites for hydroxylation is 1. The van der Waals surface area contributed by atoms with Crippen LogP contribution in [0.25, 0.3) is 6.08 Å². The molecule has 5 nitrogen and oxygen atoms in total. The number of rotatable bonds is 10. The van der Waals surface area contributed by atoms with E-state index in [1.807, 2.05) is 68.4 Å². The van der Waals surface area contributed by atoms with Crippen LogP contribution < -0.4 is 14.8 Å². The molecule has 0 bridgehead atoms. The molecule has 1 N–H and O–H groups in total. The second-order valence-corrected chi connectivity index (χ2v) is 7.70. The fourth-order valence-corrected chi connectivity index (χ4v) is 3.38. The highest BCUT2D eigenvalue weighted by atomic mass is 16.5. The van der Waals surface area contributed by atoms with Crippen molar-refractivity contribution in [3.05, 3.63) is 107 Å². The Hall–Kier alpha value is -4.30. The van der Waals surface area contributed by atoms with Crippen molar-refractivity contribution in [1.82, 2.24) is 0 Å². The average molecular weight is 453 g/mol. The molecule has 0 aromatic heterocycles. The summed E-state index contributed by atoms with van der Waals surface area (Å²) in [6.07, 6.45) is 3.88. The van der Waals surface area contributed by atoms with E-state index in [0.29, 0.717) is 42.4 Å². The van der Waals surface area contributed by atoms with Gasteiger partial charge in [-0.05, 0) is 61.7 Å². The molecule has 3 rings (SSSR count). The van der Waals surface area contributed by atoms with Crippen molar-refractivity contribution in [3.8, 4) is 17.6 Å². The highest BCUT2D eigenvalue weighted by molar-refractivity contribution is 6.09. The van der Waals surface area contributed by atoms with Crippen LogP contribution in [0.4, 0.5) is 5.69 Å². The van der Waals surface area contributed by atoms with Crippen molar-refractivity contribution in [2.24, 2.45) is 0 Å². The van der Waals surface area contributed by atoms with Crippen molar-refractivity contribution >= 4 is 17.7 Å². The van der Waals surface area contributed by atoms with E-state index in [9.17, 15) is 10.1 Å². The fourth-order valence-electron chi connectivity index (χ4n) is 3.38. The minimum absolute atomic E-state index is 0.00877. The third-order valence-electron chi connectivity index (χ3n) is 5.03. The summed E-state index contributed by atoms with van der Waals surface area (Å²) in [4.78, 5) is 12.7. The van der Waals surface area contributed by atoms with Crippen LogP contribution in [-0.2, 0) is 17.8 Å². The molecule has 3 aromatic carbocycles. The first-order valence-corrected chi connectivity index (χ1v) is 11.1. The standard InChI is InChI=1S/C29H28N2O3/c1-4-9-24-16-23(17-25(19-30)29(32)31-26-14-12-21(3)13-15-26)18-27(33-5-2)28(24)34-20-22-10-7-6-8-11-22/h4,6-8,10-18H,1,5,9,20H2,2-3H3,(H,31,32)/b25-17-. The van der Waals surface area contributed by atoms with Gasteiger partial charge in [0.25, 0.3) is 5.91 Å². The molecule has 0 atom stereocenters. The lowest BCUT2D eigenvalue weighted by molar-refractivity contribution is -0.112. The molecule has 0 radical (unpaired) electrons. The van der Waals surface area contributed by atoms with Crippen LogP contribution in [0, 0.1) is 18.3 Å². The molecule has 0 fully saturated rings. The largest absolute Gasteiger partial charge is 0.490 e. The molecule has 34 heavy (non-hydrogen) atoms. The Balaban J connectivity index is 1.92. The normalized spacial score (nSPS) is 10.8. The first-order valence-electron chi connectivity index (χ1n) is 11.1. The van der Waals surface area contributed by atoms with Crippen LogP contribution >= 0.6 is 0 Å². The van der Waals surface area contributed by atoms with E-state index >= 15 is 0 Å². The monoisotopic (exact) mass is 452 g/mol. The van der Waals surface area contributed by atoms with Crippen molar-refractivity contribution in [2.45, 2.75) is 26.9 Å². The third-order valence-corrected chi connectivity index (χ3v) is 5.03. The van der Waals surface area contributed by atoms with E-state index in [0.717, 1.165) is 16.7 Å². The van der Waals surface area contributed by atoms with Gasteiger partial charge >= 0.3 is 0 Å². The molecular formula is C29H28N2O3. The number of allylic oxidation sites excluding steroid dienone is 1. The Labute approximate surface area is 201 Å². The van der Waals surface area contributed by atoms with Gasteiger partial charge in [-0.2, -0.15) is 5.26 Å². The molecule has 1 amide bonds. The first kappa shape index (κ1) is 24.3. The van der Waals surface area contributed by atoms with Crippen molar-refractivity contribution in [1.29, 1.82) is 5.26 Å². The molecule has 172 valence electrons. The SMILES string of the molecule is C=CCc1cc(/C=C(/C#N)C(=O)Nc2ccc(C)cc2)cc(OCC)c1OCc1ccccc1. The van der Waals surface area contributed by atoms with Gasteiger partial charge in [0, 0.05) is 11.3 Å². The van der Waals surface area contributed by atoms with Crippen LogP contribution in [0.5, 0.6) is 11.5 Å². The van der Waals surface area contributed by atoms with Crippen LogP contribution in [0.3, 0.4) is 0 Å². The Bertz CT molecular complexity index is 1210. The number of nitrogens with zero attached hydrogens (tertiary/aromatic N) is 1. The topological polar surface area (TPSA) is 71.4 Å². The smallest absolute Gasteiger partial charge is 0.266 e. The minimum Gasteiger partial charge on any atom is -0.490 e. The lowest BCUT2D eigenvalue weighted by Crippen LogP contribution is -2.13. The Morgan fingerprint density at radius 1 is 1.09 bits per heavy atom. The molecule has 0 saturated heterocycles. The van der Waals surface area contributed by atoms with E-state index in [4.69, 9.17) is 9.47 Å². The van der Waals surface area contributed by atoms with Crippen LogP contribution in [0.2, 0.25) is 0 Å². The molecule has 0 spiro atoms. The maximum atomic E-state index is 12.7. The van der Waals surface area contributed by atoms with Gasteiger partial charge in [0.2, 0.25) is 0 Å². The Kier molecular flexibility index (Phi) is 8.65. The molecule has 0 unspecified atom stereocenters. The molecular weight excluding hydrogens is 424 g/mol. The number of hydrogen-bond donors (Lipinski definition) is 1. The molecule has 0 aliphatic carbocycles. The number of carbonyl (C=O) groups is 1. The summed E-state index contributed by atoms with van der Waals surface area (Å²) in [6.45, 7) is 8.55. The van der Waals surface area contributed by atoms with Crippen molar-refractivity contribution in [3.63, 3.8) is 0 Å². The van der Waals surface area contributed by atoms with E-state index in [2.05, 4.69) is 11.9 Å². The lowest BCUT2D eigenvalue weighted by Gasteiger charge is -2.17. The highest BCUT2D eigenvalue weighted by Crippen LogP contribution is 2.35. The highest BCUT2D eigenvalue weighted by Gasteiger charge is 2.15. The van der Waals surface area contributed by atoms with Gasteiger partial charge in [0.1, 0.15) is 18.2 Å².